The van der Waals surface area contributed by atoms with Crippen LogP contribution in [0.4, 0.5) is 5.95 Å². The van der Waals surface area contributed by atoms with E-state index in [0.717, 1.165) is 39.0 Å². The Bertz CT molecular complexity index is 475. The molecule has 0 N–H and O–H groups in total. The fourth-order valence-corrected chi connectivity index (χ4v) is 2.37. The molecule has 7 nitrogen and oxygen atoms in total. The highest BCUT2D eigenvalue weighted by atomic mass is 16.5. The molecule has 0 radical (unpaired) electrons. The van der Waals surface area contributed by atoms with Crippen LogP contribution in [0.1, 0.15) is 18.7 Å². The first-order valence-corrected chi connectivity index (χ1v) is 6.52. The van der Waals surface area contributed by atoms with Crippen LogP contribution in [0.2, 0.25) is 0 Å². The molecule has 1 aromatic rings. The van der Waals surface area contributed by atoms with Crippen molar-refractivity contribution in [3.63, 3.8) is 0 Å². The maximum absolute atomic E-state index is 11.8. The lowest BCUT2D eigenvalue weighted by Crippen LogP contribution is -2.45. The van der Waals surface area contributed by atoms with Gasteiger partial charge in [0, 0.05) is 26.2 Å². The van der Waals surface area contributed by atoms with Gasteiger partial charge in [-0.05, 0) is 25.0 Å². The first kappa shape index (κ1) is 12.4. The molecule has 19 heavy (non-hydrogen) atoms. The van der Waals surface area contributed by atoms with Gasteiger partial charge in [-0.1, -0.05) is 0 Å². The number of methoxy groups -OCH3 is 1. The summed E-state index contributed by atoms with van der Waals surface area (Å²) in [5.41, 5.74) is -0.674. The van der Waals surface area contributed by atoms with E-state index in [2.05, 4.69) is 27.0 Å². The highest BCUT2D eigenvalue weighted by molar-refractivity contribution is 5.85. The number of likely N-dealkylation sites (N-methyl/N-ethyl adjacent to an activating group) is 1. The zero-order valence-electron chi connectivity index (χ0n) is 11.3. The second-order valence-corrected chi connectivity index (χ2v) is 5.26. The predicted molar refractivity (Wildman–Crippen MR) is 66.9 cm³/mol. The standard InChI is InChI=1S/C12H18N4O3/c1-15-5-7-16(8-6-15)11-13-9(19-14-11)12(3-4-12)10(17)18-2/h3-8H2,1-2H3. The largest absolute Gasteiger partial charge is 0.468 e. The molecule has 1 aromatic heterocycles. The average Bonchev–Trinajstić information content (AvgIpc) is 3.10. The van der Waals surface area contributed by atoms with E-state index in [1.54, 1.807) is 0 Å². The van der Waals surface area contributed by atoms with Gasteiger partial charge in [0.2, 0.25) is 5.89 Å². The van der Waals surface area contributed by atoms with E-state index in [4.69, 9.17) is 9.26 Å². The number of anilines is 1. The number of hydrogen-bond acceptors (Lipinski definition) is 7. The lowest BCUT2D eigenvalue weighted by molar-refractivity contribution is -0.144. The minimum absolute atomic E-state index is 0.277. The van der Waals surface area contributed by atoms with Crippen molar-refractivity contribution in [1.29, 1.82) is 0 Å². The minimum Gasteiger partial charge on any atom is -0.468 e. The number of ether oxygens (including phenoxy) is 1. The SMILES string of the molecule is COC(=O)C1(c2nc(N3CCN(C)CC3)no2)CC1. The van der Waals surface area contributed by atoms with Crippen LogP contribution in [-0.2, 0) is 14.9 Å². The Balaban J connectivity index is 1.75. The van der Waals surface area contributed by atoms with Gasteiger partial charge in [0.05, 0.1) is 7.11 Å². The third-order valence-electron chi connectivity index (χ3n) is 3.94. The summed E-state index contributed by atoms with van der Waals surface area (Å²) in [4.78, 5) is 20.5. The van der Waals surface area contributed by atoms with Gasteiger partial charge in [-0.3, -0.25) is 4.79 Å². The van der Waals surface area contributed by atoms with E-state index in [0.29, 0.717) is 11.8 Å². The van der Waals surface area contributed by atoms with Gasteiger partial charge in [0.25, 0.3) is 5.95 Å². The van der Waals surface area contributed by atoms with E-state index in [9.17, 15) is 4.79 Å². The summed E-state index contributed by atoms with van der Waals surface area (Å²) < 4.78 is 10.1. The van der Waals surface area contributed by atoms with Gasteiger partial charge in [-0.15, -0.1) is 0 Å². The Morgan fingerprint density at radius 2 is 2.00 bits per heavy atom. The Morgan fingerprint density at radius 3 is 2.58 bits per heavy atom. The Labute approximate surface area is 111 Å². The number of aromatic nitrogens is 2. The van der Waals surface area contributed by atoms with Gasteiger partial charge < -0.3 is 19.1 Å². The fourth-order valence-electron chi connectivity index (χ4n) is 2.37. The zero-order chi connectivity index (χ0) is 13.5. The minimum atomic E-state index is -0.674. The molecule has 1 aliphatic carbocycles. The van der Waals surface area contributed by atoms with Gasteiger partial charge in [0.1, 0.15) is 5.41 Å². The van der Waals surface area contributed by atoms with Crippen LogP contribution < -0.4 is 4.90 Å². The molecule has 1 aliphatic heterocycles. The quantitative estimate of drug-likeness (QED) is 0.714. The number of carbonyl (C=O) groups excluding carboxylic acids is 1. The molecule has 0 unspecified atom stereocenters. The summed E-state index contributed by atoms with van der Waals surface area (Å²) in [7, 11) is 3.48. The molecule has 0 spiro atoms. The zero-order valence-corrected chi connectivity index (χ0v) is 11.3. The number of rotatable bonds is 3. The molecule has 2 heterocycles. The molecule has 2 aliphatic rings. The normalized spacial score (nSPS) is 22.3. The van der Waals surface area contributed by atoms with Crippen LogP contribution in [0, 0.1) is 0 Å². The maximum atomic E-state index is 11.8. The molecular weight excluding hydrogens is 248 g/mol. The molecule has 0 amide bonds. The van der Waals surface area contributed by atoms with Crippen LogP contribution in [0.15, 0.2) is 4.52 Å². The lowest BCUT2D eigenvalue weighted by Gasteiger charge is -2.31. The van der Waals surface area contributed by atoms with Crippen LogP contribution in [0.5, 0.6) is 0 Å². The predicted octanol–water partition coefficient (Wildman–Crippen LogP) is 0.0260. The fraction of sp³-hybridized carbons (Fsp3) is 0.750. The molecule has 1 saturated carbocycles. The van der Waals surface area contributed by atoms with E-state index in [-0.39, 0.29) is 5.97 Å². The summed E-state index contributed by atoms with van der Waals surface area (Å²) in [6.45, 7) is 3.71. The molecule has 0 aromatic carbocycles. The van der Waals surface area contributed by atoms with Crippen LogP contribution >= 0.6 is 0 Å². The van der Waals surface area contributed by atoms with Crippen LogP contribution in [0.3, 0.4) is 0 Å². The highest BCUT2D eigenvalue weighted by Crippen LogP contribution is 2.48. The van der Waals surface area contributed by atoms with Gasteiger partial charge >= 0.3 is 5.97 Å². The number of esters is 1. The summed E-state index contributed by atoms with van der Waals surface area (Å²) in [5, 5.41) is 4.00. The second-order valence-electron chi connectivity index (χ2n) is 5.26. The Morgan fingerprint density at radius 1 is 1.32 bits per heavy atom. The molecule has 1 saturated heterocycles. The van der Waals surface area contributed by atoms with E-state index in [1.165, 1.54) is 7.11 Å². The average molecular weight is 266 g/mol. The smallest absolute Gasteiger partial charge is 0.321 e. The number of piperazine rings is 1. The van der Waals surface area contributed by atoms with E-state index >= 15 is 0 Å². The Hall–Kier alpha value is -1.63. The van der Waals surface area contributed by atoms with Gasteiger partial charge in [-0.25, -0.2) is 0 Å². The van der Waals surface area contributed by atoms with E-state index < -0.39 is 5.41 Å². The van der Waals surface area contributed by atoms with Crippen molar-refractivity contribution in [3.05, 3.63) is 5.89 Å². The molecule has 0 atom stereocenters. The van der Waals surface area contributed by atoms with Crippen LogP contribution in [0.25, 0.3) is 0 Å². The van der Waals surface area contributed by atoms with Crippen molar-refractivity contribution in [2.45, 2.75) is 18.3 Å². The van der Waals surface area contributed by atoms with Crippen molar-refractivity contribution in [2.75, 3.05) is 45.2 Å². The molecule has 3 rings (SSSR count). The third kappa shape index (κ3) is 2.07. The third-order valence-corrected chi connectivity index (χ3v) is 3.94. The summed E-state index contributed by atoms with van der Waals surface area (Å²) in [5.74, 6) is 0.702. The molecule has 2 fully saturated rings. The topological polar surface area (TPSA) is 71.7 Å². The van der Waals surface area contributed by atoms with Gasteiger partial charge in [0.15, 0.2) is 0 Å². The van der Waals surface area contributed by atoms with Crippen LogP contribution in [-0.4, -0.2) is 61.3 Å². The molecule has 0 bridgehead atoms. The Kier molecular flexibility index (Phi) is 2.93. The van der Waals surface area contributed by atoms with E-state index in [1.807, 2.05) is 0 Å². The molecule has 104 valence electrons. The summed E-state index contributed by atoms with van der Waals surface area (Å²) >= 11 is 0. The van der Waals surface area contributed by atoms with Crippen molar-refractivity contribution in [3.8, 4) is 0 Å². The first-order chi connectivity index (χ1) is 9.15. The number of nitrogens with zero attached hydrogens (tertiary/aromatic N) is 4. The molecule has 7 heteroatoms. The highest BCUT2D eigenvalue weighted by Gasteiger charge is 2.57. The van der Waals surface area contributed by atoms with Crippen molar-refractivity contribution >= 4 is 11.9 Å². The van der Waals surface area contributed by atoms with Gasteiger partial charge in [-0.2, -0.15) is 4.98 Å². The van der Waals surface area contributed by atoms with Crippen molar-refractivity contribution in [1.82, 2.24) is 15.0 Å². The summed E-state index contributed by atoms with van der Waals surface area (Å²) in [6.07, 6.45) is 1.45. The summed E-state index contributed by atoms with van der Waals surface area (Å²) in [6, 6.07) is 0. The number of hydrogen-bond donors (Lipinski definition) is 0. The number of carbonyl (C=O) groups is 1. The maximum Gasteiger partial charge on any atom is 0.321 e. The second kappa shape index (κ2) is 4.48. The van der Waals surface area contributed by atoms with Crippen molar-refractivity contribution in [2.24, 2.45) is 0 Å². The lowest BCUT2D eigenvalue weighted by atomic mass is 10.1. The van der Waals surface area contributed by atoms with Crippen molar-refractivity contribution < 1.29 is 14.1 Å². The first-order valence-electron chi connectivity index (χ1n) is 6.52. The molecular formula is C12H18N4O3. The monoisotopic (exact) mass is 266 g/mol.